The third-order valence-corrected chi connectivity index (χ3v) is 3.16. The number of fused-ring (bicyclic) bond motifs is 1. The lowest BCUT2D eigenvalue weighted by atomic mass is 10.2. The molecule has 98 valence electrons. The maximum atomic E-state index is 4.72. The second kappa shape index (κ2) is 6.23. The minimum atomic E-state index is 0. The molecule has 0 radical (unpaired) electrons. The van der Waals surface area contributed by atoms with E-state index in [2.05, 4.69) is 41.2 Å². The van der Waals surface area contributed by atoms with Crippen LogP contribution >= 0.6 is 24.8 Å². The van der Waals surface area contributed by atoms with Crippen LogP contribution in [0.25, 0.3) is 11.4 Å². The van der Waals surface area contributed by atoms with Crippen molar-refractivity contribution in [3.63, 3.8) is 0 Å². The molecular formula is C13H17Cl2N3. The van der Waals surface area contributed by atoms with Crippen LogP contribution in [-0.2, 0) is 20.0 Å². The number of hydrogen-bond donors (Lipinski definition) is 1. The van der Waals surface area contributed by atoms with Gasteiger partial charge in [-0.2, -0.15) is 0 Å². The van der Waals surface area contributed by atoms with Crippen LogP contribution in [0, 0.1) is 0 Å². The van der Waals surface area contributed by atoms with E-state index in [0.29, 0.717) is 0 Å². The number of hydrogen-bond acceptors (Lipinski definition) is 2. The van der Waals surface area contributed by atoms with E-state index in [1.165, 1.54) is 17.0 Å². The molecule has 1 aromatic carbocycles. The summed E-state index contributed by atoms with van der Waals surface area (Å²) in [5.41, 5.74) is 3.77. The highest BCUT2D eigenvalue weighted by molar-refractivity contribution is 5.85. The predicted octanol–water partition coefficient (Wildman–Crippen LogP) is 2.58. The van der Waals surface area contributed by atoms with Gasteiger partial charge in [-0.3, -0.25) is 0 Å². The van der Waals surface area contributed by atoms with Gasteiger partial charge in [0.1, 0.15) is 5.82 Å². The molecule has 1 aliphatic rings. The number of nitrogens with zero attached hydrogens (tertiary/aromatic N) is 2. The number of benzene rings is 1. The quantitative estimate of drug-likeness (QED) is 0.873. The third kappa shape index (κ3) is 2.53. The Bertz CT molecular complexity index is 508. The van der Waals surface area contributed by atoms with Crippen molar-refractivity contribution in [1.82, 2.24) is 14.9 Å². The van der Waals surface area contributed by atoms with Crippen molar-refractivity contribution in [1.29, 1.82) is 0 Å². The van der Waals surface area contributed by atoms with Crippen LogP contribution in [0.1, 0.15) is 11.4 Å². The molecule has 0 saturated heterocycles. The molecule has 0 fully saturated rings. The highest BCUT2D eigenvalue weighted by Crippen LogP contribution is 2.22. The normalized spacial score (nSPS) is 13.2. The first-order valence-corrected chi connectivity index (χ1v) is 5.67. The molecule has 0 saturated carbocycles. The van der Waals surface area contributed by atoms with Crippen LogP contribution in [0.3, 0.4) is 0 Å². The zero-order valence-corrected chi connectivity index (χ0v) is 11.9. The van der Waals surface area contributed by atoms with Crippen molar-refractivity contribution >= 4 is 24.8 Å². The molecule has 3 nitrogen and oxygen atoms in total. The SMILES string of the molecule is Cl.Cl.Cn1c(-c2ccccc2)nc2c1CCNC2. The second-order valence-corrected chi connectivity index (χ2v) is 4.18. The second-order valence-electron chi connectivity index (χ2n) is 4.18. The van der Waals surface area contributed by atoms with Crippen molar-refractivity contribution < 1.29 is 0 Å². The monoisotopic (exact) mass is 285 g/mol. The van der Waals surface area contributed by atoms with Gasteiger partial charge < -0.3 is 9.88 Å². The number of nitrogens with one attached hydrogen (secondary N) is 1. The average Bonchev–Trinajstić information content (AvgIpc) is 2.69. The van der Waals surface area contributed by atoms with Gasteiger partial charge in [-0.1, -0.05) is 30.3 Å². The van der Waals surface area contributed by atoms with Crippen molar-refractivity contribution in [2.75, 3.05) is 6.54 Å². The van der Waals surface area contributed by atoms with Crippen LogP contribution in [-0.4, -0.2) is 16.1 Å². The number of rotatable bonds is 1. The van der Waals surface area contributed by atoms with Gasteiger partial charge in [-0.05, 0) is 0 Å². The number of imidazole rings is 1. The summed E-state index contributed by atoms with van der Waals surface area (Å²) in [4.78, 5) is 4.72. The molecule has 1 aromatic heterocycles. The van der Waals surface area contributed by atoms with Crippen molar-refractivity contribution in [2.45, 2.75) is 13.0 Å². The van der Waals surface area contributed by atoms with Gasteiger partial charge in [-0.25, -0.2) is 4.98 Å². The third-order valence-electron chi connectivity index (χ3n) is 3.16. The molecule has 0 amide bonds. The van der Waals surface area contributed by atoms with Gasteiger partial charge in [0.2, 0.25) is 0 Å². The van der Waals surface area contributed by atoms with E-state index < -0.39 is 0 Å². The number of aromatic nitrogens is 2. The van der Waals surface area contributed by atoms with Crippen LogP contribution in [0.4, 0.5) is 0 Å². The molecule has 1 aliphatic heterocycles. The van der Waals surface area contributed by atoms with E-state index in [0.717, 1.165) is 25.3 Å². The standard InChI is InChI=1S/C13H15N3.2ClH/c1-16-12-7-8-14-9-11(12)15-13(16)10-5-3-2-4-6-10;;/h2-6,14H,7-9H2,1H3;2*1H. The summed E-state index contributed by atoms with van der Waals surface area (Å²) in [7, 11) is 2.11. The summed E-state index contributed by atoms with van der Waals surface area (Å²) in [5, 5.41) is 3.36. The molecule has 0 aliphatic carbocycles. The fourth-order valence-corrected chi connectivity index (χ4v) is 2.30. The molecule has 18 heavy (non-hydrogen) atoms. The van der Waals surface area contributed by atoms with Gasteiger partial charge in [0.15, 0.2) is 0 Å². The zero-order chi connectivity index (χ0) is 11.0. The fraction of sp³-hybridized carbons (Fsp3) is 0.308. The zero-order valence-electron chi connectivity index (χ0n) is 10.2. The summed E-state index contributed by atoms with van der Waals surface area (Å²) < 4.78 is 2.23. The molecular weight excluding hydrogens is 269 g/mol. The van der Waals surface area contributed by atoms with Crippen molar-refractivity contribution in [2.24, 2.45) is 7.05 Å². The Labute approximate surface area is 119 Å². The summed E-state index contributed by atoms with van der Waals surface area (Å²) in [6.45, 7) is 1.96. The first kappa shape index (κ1) is 15.0. The summed E-state index contributed by atoms with van der Waals surface area (Å²) in [5.74, 6) is 1.08. The smallest absolute Gasteiger partial charge is 0.140 e. The lowest BCUT2D eigenvalue weighted by Gasteiger charge is -2.12. The van der Waals surface area contributed by atoms with Crippen LogP contribution in [0.2, 0.25) is 0 Å². The molecule has 0 atom stereocenters. The lowest BCUT2D eigenvalue weighted by molar-refractivity contribution is 0.612. The van der Waals surface area contributed by atoms with Gasteiger partial charge in [0.05, 0.1) is 5.69 Å². The molecule has 0 bridgehead atoms. The van der Waals surface area contributed by atoms with Gasteiger partial charge in [0.25, 0.3) is 0 Å². The molecule has 5 heteroatoms. The van der Waals surface area contributed by atoms with E-state index in [1.807, 2.05) is 6.07 Å². The largest absolute Gasteiger partial charge is 0.331 e. The highest BCUT2D eigenvalue weighted by atomic mass is 35.5. The Morgan fingerprint density at radius 1 is 1.17 bits per heavy atom. The van der Waals surface area contributed by atoms with E-state index in [9.17, 15) is 0 Å². The van der Waals surface area contributed by atoms with Gasteiger partial charge >= 0.3 is 0 Å². The number of halogens is 2. The summed E-state index contributed by atoms with van der Waals surface area (Å²) >= 11 is 0. The Balaban J connectivity index is 0.000000810. The van der Waals surface area contributed by atoms with Crippen LogP contribution in [0.15, 0.2) is 30.3 Å². The van der Waals surface area contributed by atoms with E-state index in [1.54, 1.807) is 0 Å². The first-order valence-electron chi connectivity index (χ1n) is 5.67. The molecule has 3 rings (SSSR count). The van der Waals surface area contributed by atoms with Crippen molar-refractivity contribution in [3.8, 4) is 11.4 Å². The fourth-order valence-electron chi connectivity index (χ4n) is 2.30. The molecule has 0 unspecified atom stereocenters. The Morgan fingerprint density at radius 3 is 2.56 bits per heavy atom. The lowest BCUT2D eigenvalue weighted by Crippen LogP contribution is -2.24. The maximum absolute atomic E-state index is 4.72. The van der Waals surface area contributed by atoms with Gasteiger partial charge in [-0.15, -0.1) is 24.8 Å². The van der Waals surface area contributed by atoms with Crippen LogP contribution in [0.5, 0.6) is 0 Å². The van der Waals surface area contributed by atoms with E-state index in [-0.39, 0.29) is 24.8 Å². The first-order chi connectivity index (χ1) is 7.86. The minimum absolute atomic E-state index is 0. The Morgan fingerprint density at radius 2 is 1.89 bits per heavy atom. The highest BCUT2D eigenvalue weighted by Gasteiger charge is 2.17. The van der Waals surface area contributed by atoms with Crippen molar-refractivity contribution in [3.05, 3.63) is 41.7 Å². The van der Waals surface area contributed by atoms with E-state index in [4.69, 9.17) is 4.98 Å². The van der Waals surface area contributed by atoms with Gasteiger partial charge in [0, 0.05) is 37.8 Å². The Kier molecular flexibility index (Phi) is 5.20. The molecule has 2 heterocycles. The summed E-state index contributed by atoms with van der Waals surface area (Å²) in [6, 6.07) is 10.4. The maximum Gasteiger partial charge on any atom is 0.140 e. The topological polar surface area (TPSA) is 29.9 Å². The summed E-state index contributed by atoms with van der Waals surface area (Å²) in [6.07, 6.45) is 1.08. The Hall–Kier alpha value is -1.03. The van der Waals surface area contributed by atoms with E-state index >= 15 is 0 Å². The van der Waals surface area contributed by atoms with Crippen LogP contribution < -0.4 is 5.32 Å². The molecule has 2 aromatic rings. The predicted molar refractivity (Wildman–Crippen MR) is 78.6 cm³/mol. The average molecular weight is 286 g/mol. The minimum Gasteiger partial charge on any atom is -0.331 e. The molecule has 0 spiro atoms. The molecule has 1 N–H and O–H groups in total.